The van der Waals surface area contributed by atoms with E-state index in [-0.39, 0.29) is 24.0 Å². The summed E-state index contributed by atoms with van der Waals surface area (Å²) in [6, 6.07) is 8.71. The molecule has 4 heteroatoms. The van der Waals surface area contributed by atoms with Crippen molar-refractivity contribution in [1.82, 2.24) is 0 Å². The molecule has 1 fully saturated rings. The maximum atomic E-state index is 5.91. The lowest BCUT2D eigenvalue weighted by molar-refractivity contribution is 0.284. The van der Waals surface area contributed by atoms with Crippen LogP contribution in [0.25, 0.3) is 0 Å². The van der Waals surface area contributed by atoms with E-state index in [4.69, 9.17) is 5.73 Å². The first-order chi connectivity index (χ1) is 8.19. The smallest absolute Gasteiger partial charge is 0.193 e. The highest BCUT2D eigenvalue weighted by Crippen LogP contribution is 2.29. The van der Waals surface area contributed by atoms with Gasteiger partial charge in [-0.3, -0.25) is 0 Å². The van der Waals surface area contributed by atoms with Crippen LogP contribution in [0.2, 0.25) is 0 Å². The summed E-state index contributed by atoms with van der Waals surface area (Å²) in [6.45, 7) is 4.37. The molecular formula is C14H22IN3. The zero-order valence-electron chi connectivity index (χ0n) is 11.0. The predicted octanol–water partition coefficient (Wildman–Crippen LogP) is 3.39. The highest BCUT2D eigenvalue weighted by molar-refractivity contribution is 14.0. The van der Waals surface area contributed by atoms with Gasteiger partial charge in [-0.25, -0.2) is 4.99 Å². The Morgan fingerprint density at radius 2 is 2.22 bits per heavy atom. The molecule has 0 heterocycles. The molecule has 0 bridgehead atoms. The summed E-state index contributed by atoms with van der Waals surface area (Å²) in [5.41, 5.74) is 8.24. The minimum atomic E-state index is 0. The molecule has 0 radical (unpaired) electrons. The third kappa shape index (κ3) is 3.86. The molecule has 2 atom stereocenters. The summed E-state index contributed by atoms with van der Waals surface area (Å²) in [5.74, 6) is 1.21. The minimum Gasteiger partial charge on any atom is -0.370 e. The number of aliphatic imine (C=N–C) groups is 1. The predicted molar refractivity (Wildman–Crippen MR) is 88.7 cm³/mol. The van der Waals surface area contributed by atoms with Crippen LogP contribution >= 0.6 is 24.0 Å². The fraction of sp³-hybridized carbons (Fsp3) is 0.500. The van der Waals surface area contributed by atoms with Crippen LogP contribution in [-0.4, -0.2) is 12.0 Å². The minimum absolute atomic E-state index is 0. The van der Waals surface area contributed by atoms with Gasteiger partial charge >= 0.3 is 0 Å². The van der Waals surface area contributed by atoms with Crippen LogP contribution in [0.5, 0.6) is 0 Å². The summed E-state index contributed by atoms with van der Waals surface area (Å²) >= 11 is 0. The average molecular weight is 359 g/mol. The molecule has 2 rings (SSSR count). The number of hydrogen-bond donors (Lipinski definition) is 2. The van der Waals surface area contributed by atoms with Gasteiger partial charge in [0.15, 0.2) is 5.96 Å². The maximum absolute atomic E-state index is 5.91. The summed E-state index contributed by atoms with van der Waals surface area (Å²) in [5, 5.41) is 3.16. The van der Waals surface area contributed by atoms with E-state index in [0.29, 0.717) is 17.9 Å². The van der Waals surface area contributed by atoms with Gasteiger partial charge in [0.05, 0.1) is 6.04 Å². The Bertz CT molecular complexity index is 417. The molecule has 1 aromatic rings. The molecule has 1 saturated carbocycles. The van der Waals surface area contributed by atoms with E-state index in [1.54, 1.807) is 0 Å². The lowest BCUT2D eigenvalue weighted by Crippen LogP contribution is -2.32. The number of rotatable bonds is 3. The quantitative estimate of drug-likeness (QED) is 0.494. The first-order valence-corrected chi connectivity index (χ1v) is 6.38. The van der Waals surface area contributed by atoms with E-state index in [2.05, 4.69) is 36.3 Å². The molecule has 3 nitrogen and oxygen atoms in total. The van der Waals surface area contributed by atoms with E-state index < -0.39 is 0 Å². The van der Waals surface area contributed by atoms with Crippen LogP contribution in [0.4, 0.5) is 5.69 Å². The lowest BCUT2D eigenvalue weighted by Gasteiger charge is -2.30. The number of nitrogens with zero attached hydrogens (tertiary/aromatic N) is 1. The first kappa shape index (κ1) is 15.3. The SMILES string of the molecule is CCc1cccc(NC(N)=NC2CCC2C)c1.I. The monoisotopic (exact) mass is 359 g/mol. The molecule has 0 saturated heterocycles. The van der Waals surface area contributed by atoms with Crippen molar-refractivity contribution in [2.45, 2.75) is 39.2 Å². The van der Waals surface area contributed by atoms with Crippen LogP contribution in [0.3, 0.4) is 0 Å². The van der Waals surface area contributed by atoms with Crippen LogP contribution in [-0.2, 0) is 6.42 Å². The van der Waals surface area contributed by atoms with Gasteiger partial charge in [-0.2, -0.15) is 0 Å². The van der Waals surface area contributed by atoms with Crippen LogP contribution in [0.15, 0.2) is 29.3 Å². The molecule has 0 amide bonds. The molecule has 100 valence electrons. The summed E-state index contributed by atoms with van der Waals surface area (Å²) < 4.78 is 0. The number of guanidine groups is 1. The van der Waals surface area contributed by atoms with E-state index in [1.807, 2.05) is 12.1 Å². The second-order valence-electron chi connectivity index (χ2n) is 4.82. The first-order valence-electron chi connectivity index (χ1n) is 6.38. The van der Waals surface area contributed by atoms with E-state index in [1.165, 1.54) is 18.4 Å². The highest BCUT2D eigenvalue weighted by Gasteiger charge is 2.26. The Morgan fingerprint density at radius 3 is 2.78 bits per heavy atom. The Kier molecular flexibility index (Phi) is 5.91. The fourth-order valence-corrected chi connectivity index (χ4v) is 2.07. The van der Waals surface area contributed by atoms with Crippen LogP contribution in [0, 0.1) is 5.92 Å². The van der Waals surface area contributed by atoms with Crippen molar-refractivity contribution in [3.63, 3.8) is 0 Å². The Labute approximate surface area is 126 Å². The topological polar surface area (TPSA) is 50.4 Å². The van der Waals surface area contributed by atoms with Crippen molar-refractivity contribution in [2.24, 2.45) is 16.6 Å². The molecule has 2 unspecified atom stereocenters. The average Bonchev–Trinajstić information content (AvgIpc) is 2.34. The maximum Gasteiger partial charge on any atom is 0.193 e. The summed E-state index contributed by atoms with van der Waals surface area (Å²) in [4.78, 5) is 4.50. The highest BCUT2D eigenvalue weighted by atomic mass is 127. The number of nitrogens with two attached hydrogens (primary N) is 1. The summed E-state index contributed by atoms with van der Waals surface area (Å²) in [6.07, 6.45) is 3.47. The largest absolute Gasteiger partial charge is 0.370 e. The second-order valence-corrected chi connectivity index (χ2v) is 4.82. The van der Waals surface area contributed by atoms with Crippen molar-refractivity contribution in [3.8, 4) is 0 Å². The van der Waals surface area contributed by atoms with Gasteiger partial charge in [0, 0.05) is 5.69 Å². The number of nitrogens with one attached hydrogen (secondary N) is 1. The Balaban J connectivity index is 0.00000162. The van der Waals surface area contributed by atoms with Gasteiger partial charge in [0.2, 0.25) is 0 Å². The number of anilines is 1. The molecule has 0 spiro atoms. The number of hydrogen-bond acceptors (Lipinski definition) is 1. The fourth-order valence-electron chi connectivity index (χ4n) is 2.07. The zero-order valence-corrected chi connectivity index (χ0v) is 13.3. The molecule has 0 aliphatic heterocycles. The zero-order chi connectivity index (χ0) is 12.3. The van der Waals surface area contributed by atoms with E-state index >= 15 is 0 Å². The third-order valence-electron chi connectivity index (χ3n) is 3.49. The van der Waals surface area contributed by atoms with Crippen LogP contribution < -0.4 is 11.1 Å². The van der Waals surface area contributed by atoms with Gasteiger partial charge < -0.3 is 11.1 Å². The second kappa shape index (κ2) is 6.97. The standard InChI is InChI=1S/C14H21N3.HI/c1-3-11-5-4-6-12(9-11)16-14(15)17-13-8-7-10(13)2;/h4-6,9-10,13H,3,7-8H2,1-2H3,(H3,15,16,17);1H. The lowest BCUT2D eigenvalue weighted by atomic mass is 9.82. The molecule has 1 aromatic carbocycles. The van der Waals surface area contributed by atoms with Gasteiger partial charge in [0.1, 0.15) is 0 Å². The van der Waals surface area contributed by atoms with Gasteiger partial charge in [-0.15, -0.1) is 24.0 Å². The van der Waals surface area contributed by atoms with Crippen molar-refractivity contribution in [2.75, 3.05) is 5.32 Å². The van der Waals surface area contributed by atoms with Gasteiger partial charge in [-0.1, -0.05) is 26.0 Å². The molecule has 0 aromatic heterocycles. The van der Waals surface area contributed by atoms with Crippen molar-refractivity contribution < 1.29 is 0 Å². The molecular weight excluding hydrogens is 337 g/mol. The third-order valence-corrected chi connectivity index (χ3v) is 3.49. The Morgan fingerprint density at radius 1 is 1.44 bits per heavy atom. The van der Waals surface area contributed by atoms with E-state index in [9.17, 15) is 0 Å². The van der Waals surface area contributed by atoms with E-state index in [0.717, 1.165) is 12.1 Å². The number of aryl methyl sites for hydroxylation is 1. The summed E-state index contributed by atoms with van der Waals surface area (Å²) in [7, 11) is 0. The molecule has 1 aliphatic carbocycles. The number of halogens is 1. The van der Waals surface area contributed by atoms with Crippen molar-refractivity contribution in [1.29, 1.82) is 0 Å². The van der Waals surface area contributed by atoms with Crippen molar-refractivity contribution in [3.05, 3.63) is 29.8 Å². The van der Waals surface area contributed by atoms with Gasteiger partial charge in [0.25, 0.3) is 0 Å². The number of benzene rings is 1. The van der Waals surface area contributed by atoms with Crippen molar-refractivity contribution >= 4 is 35.6 Å². The molecule has 18 heavy (non-hydrogen) atoms. The molecule has 1 aliphatic rings. The molecule has 3 N–H and O–H groups in total. The van der Waals surface area contributed by atoms with Crippen LogP contribution in [0.1, 0.15) is 32.3 Å². The Hall–Kier alpha value is -0.780. The van der Waals surface area contributed by atoms with Gasteiger partial charge in [-0.05, 0) is 42.9 Å². The normalized spacial score (nSPS) is 22.9.